The van der Waals surface area contributed by atoms with E-state index in [0.717, 1.165) is 5.56 Å². The number of hydrogen-bond donors (Lipinski definition) is 2. The number of benzene rings is 1. The van der Waals surface area contributed by atoms with Crippen LogP contribution in [0.4, 0.5) is 4.39 Å². The molecule has 6 heteroatoms. The summed E-state index contributed by atoms with van der Waals surface area (Å²) in [5.74, 6) is -0.430. The average molecular weight is 289 g/mol. The molecule has 3 rings (SSSR count). The molecule has 0 aliphatic carbocycles. The Balaban J connectivity index is 1.75. The smallest absolute Gasteiger partial charge is 0.271 e. The lowest BCUT2D eigenvalue weighted by molar-refractivity contribution is 0.0541. The number of carbonyl (C=O) groups excluding carboxylic acids is 1. The van der Waals surface area contributed by atoms with Crippen molar-refractivity contribution < 1.29 is 14.3 Å². The zero-order valence-electron chi connectivity index (χ0n) is 11.4. The van der Waals surface area contributed by atoms with Crippen molar-refractivity contribution in [2.45, 2.75) is 18.9 Å². The lowest BCUT2D eigenvalue weighted by atomic mass is 10.1. The Morgan fingerprint density at radius 3 is 2.62 bits per heavy atom. The van der Waals surface area contributed by atoms with Crippen LogP contribution in [-0.4, -0.2) is 45.3 Å². The van der Waals surface area contributed by atoms with E-state index in [9.17, 15) is 14.3 Å². The predicted molar refractivity (Wildman–Crippen MR) is 75.1 cm³/mol. The van der Waals surface area contributed by atoms with Gasteiger partial charge in [0.25, 0.3) is 5.91 Å². The largest absolute Gasteiger partial charge is 0.393 e. The fraction of sp³-hybridized carbons (Fsp3) is 0.333. The number of rotatable bonds is 2. The highest BCUT2D eigenvalue weighted by atomic mass is 19.1. The van der Waals surface area contributed by atoms with E-state index in [1.54, 1.807) is 23.1 Å². The highest BCUT2D eigenvalue weighted by Crippen LogP contribution is 2.19. The van der Waals surface area contributed by atoms with Gasteiger partial charge < -0.3 is 10.0 Å². The van der Waals surface area contributed by atoms with Crippen LogP contribution >= 0.6 is 0 Å². The summed E-state index contributed by atoms with van der Waals surface area (Å²) >= 11 is 0. The SMILES string of the molecule is O=C(c1cc(-c2ccc(F)cc2)n[nH]1)N1CCC(O)CC1. The van der Waals surface area contributed by atoms with Crippen LogP contribution in [0.5, 0.6) is 0 Å². The van der Waals surface area contributed by atoms with E-state index in [-0.39, 0.29) is 17.8 Å². The number of H-pyrrole nitrogens is 1. The fourth-order valence-corrected chi connectivity index (χ4v) is 2.44. The number of aliphatic hydroxyl groups excluding tert-OH is 1. The van der Waals surface area contributed by atoms with Crippen molar-refractivity contribution in [3.05, 3.63) is 41.8 Å². The highest BCUT2D eigenvalue weighted by molar-refractivity contribution is 5.93. The molecule has 2 heterocycles. The minimum Gasteiger partial charge on any atom is -0.393 e. The monoisotopic (exact) mass is 289 g/mol. The predicted octanol–water partition coefficient (Wildman–Crippen LogP) is 1.81. The van der Waals surface area contributed by atoms with Crippen molar-refractivity contribution in [1.82, 2.24) is 15.1 Å². The molecule has 1 saturated heterocycles. The molecule has 1 amide bonds. The molecular formula is C15H16FN3O2. The molecule has 110 valence electrons. The van der Waals surface area contributed by atoms with Crippen molar-refractivity contribution in [1.29, 1.82) is 0 Å². The minimum absolute atomic E-state index is 0.122. The highest BCUT2D eigenvalue weighted by Gasteiger charge is 2.23. The molecule has 0 unspecified atom stereocenters. The summed E-state index contributed by atoms with van der Waals surface area (Å²) < 4.78 is 12.9. The van der Waals surface area contributed by atoms with Crippen molar-refractivity contribution in [3.63, 3.8) is 0 Å². The van der Waals surface area contributed by atoms with Crippen LogP contribution < -0.4 is 0 Å². The molecule has 2 aromatic rings. The Kier molecular flexibility index (Phi) is 3.70. The van der Waals surface area contributed by atoms with E-state index < -0.39 is 0 Å². The maximum atomic E-state index is 12.9. The lowest BCUT2D eigenvalue weighted by Crippen LogP contribution is -2.40. The van der Waals surface area contributed by atoms with Gasteiger partial charge in [-0.15, -0.1) is 0 Å². The number of hydrogen-bond acceptors (Lipinski definition) is 3. The topological polar surface area (TPSA) is 69.2 Å². The third-order valence-corrected chi connectivity index (χ3v) is 3.70. The zero-order chi connectivity index (χ0) is 14.8. The van der Waals surface area contributed by atoms with Gasteiger partial charge in [-0.25, -0.2) is 4.39 Å². The first kappa shape index (κ1) is 13.8. The first-order valence-corrected chi connectivity index (χ1v) is 6.92. The molecule has 1 aliphatic rings. The van der Waals surface area contributed by atoms with Gasteiger partial charge in [0.1, 0.15) is 11.5 Å². The molecule has 0 saturated carbocycles. The number of nitrogens with zero attached hydrogens (tertiary/aromatic N) is 2. The summed E-state index contributed by atoms with van der Waals surface area (Å²) in [4.78, 5) is 14.0. The number of likely N-dealkylation sites (tertiary alicyclic amines) is 1. The molecule has 0 spiro atoms. The summed E-state index contributed by atoms with van der Waals surface area (Å²) in [7, 11) is 0. The van der Waals surface area contributed by atoms with E-state index in [1.807, 2.05) is 0 Å². The first-order valence-electron chi connectivity index (χ1n) is 6.92. The molecule has 21 heavy (non-hydrogen) atoms. The van der Waals surface area contributed by atoms with Crippen LogP contribution in [0.1, 0.15) is 23.3 Å². The van der Waals surface area contributed by atoms with Gasteiger partial charge in [-0.3, -0.25) is 9.89 Å². The van der Waals surface area contributed by atoms with Crippen molar-refractivity contribution in [2.75, 3.05) is 13.1 Å². The second kappa shape index (κ2) is 5.65. The van der Waals surface area contributed by atoms with Gasteiger partial charge in [0, 0.05) is 18.7 Å². The molecular weight excluding hydrogens is 273 g/mol. The molecule has 0 bridgehead atoms. The number of halogens is 1. The fourth-order valence-electron chi connectivity index (χ4n) is 2.44. The van der Waals surface area contributed by atoms with Crippen LogP contribution in [-0.2, 0) is 0 Å². The van der Waals surface area contributed by atoms with Crippen LogP contribution in [0.25, 0.3) is 11.3 Å². The number of aliphatic hydroxyl groups is 1. The molecule has 0 radical (unpaired) electrons. The van der Waals surface area contributed by atoms with Gasteiger partial charge >= 0.3 is 0 Å². The van der Waals surface area contributed by atoms with Crippen LogP contribution in [0.3, 0.4) is 0 Å². The van der Waals surface area contributed by atoms with Crippen LogP contribution in [0.15, 0.2) is 30.3 Å². The second-order valence-corrected chi connectivity index (χ2v) is 5.20. The first-order chi connectivity index (χ1) is 10.1. The molecule has 1 fully saturated rings. The van der Waals surface area contributed by atoms with Gasteiger partial charge in [0.2, 0.25) is 0 Å². The Hall–Kier alpha value is -2.21. The van der Waals surface area contributed by atoms with Crippen LogP contribution in [0, 0.1) is 5.82 Å². The van der Waals surface area contributed by atoms with E-state index in [1.165, 1.54) is 12.1 Å². The summed E-state index contributed by atoms with van der Waals surface area (Å²) in [5.41, 5.74) is 1.77. The van der Waals surface area contributed by atoms with Gasteiger partial charge in [-0.05, 0) is 43.2 Å². The summed E-state index contributed by atoms with van der Waals surface area (Å²) in [6.45, 7) is 1.09. The van der Waals surface area contributed by atoms with Crippen molar-refractivity contribution in [3.8, 4) is 11.3 Å². The van der Waals surface area contributed by atoms with Gasteiger partial charge in [0.15, 0.2) is 0 Å². The second-order valence-electron chi connectivity index (χ2n) is 5.20. The van der Waals surface area contributed by atoms with Gasteiger partial charge in [-0.2, -0.15) is 5.10 Å². The Morgan fingerprint density at radius 1 is 1.29 bits per heavy atom. The molecule has 1 aromatic carbocycles. The molecule has 5 nitrogen and oxygen atoms in total. The Labute approximate surface area is 121 Å². The van der Waals surface area contributed by atoms with E-state index in [2.05, 4.69) is 10.2 Å². The van der Waals surface area contributed by atoms with E-state index in [0.29, 0.717) is 37.3 Å². The lowest BCUT2D eigenvalue weighted by Gasteiger charge is -2.29. The maximum Gasteiger partial charge on any atom is 0.271 e. The standard InChI is InChI=1S/C15H16FN3O2/c16-11-3-1-10(2-4-11)13-9-14(18-17-13)15(21)19-7-5-12(20)6-8-19/h1-4,9,12,20H,5-8H2,(H,17,18). The quantitative estimate of drug-likeness (QED) is 0.886. The molecule has 0 atom stereocenters. The number of nitrogens with one attached hydrogen (secondary N) is 1. The molecule has 2 N–H and O–H groups in total. The number of aromatic amines is 1. The summed E-state index contributed by atoms with van der Waals surface area (Å²) in [6, 6.07) is 7.63. The summed E-state index contributed by atoms with van der Waals surface area (Å²) in [5, 5.41) is 16.3. The number of carbonyl (C=O) groups is 1. The van der Waals surface area contributed by atoms with E-state index in [4.69, 9.17) is 0 Å². The van der Waals surface area contributed by atoms with Crippen LogP contribution in [0.2, 0.25) is 0 Å². The van der Waals surface area contributed by atoms with Crippen molar-refractivity contribution in [2.24, 2.45) is 0 Å². The average Bonchev–Trinajstić information content (AvgIpc) is 2.98. The summed E-state index contributed by atoms with van der Waals surface area (Å²) in [6.07, 6.45) is 0.889. The van der Waals surface area contributed by atoms with E-state index >= 15 is 0 Å². The normalized spacial score (nSPS) is 16.2. The van der Waals surface area contributed by atoms with Gasteiger partial charge in [-0.1, -0.05) is 0 Å². The Bertz CT molecular complexity index is 631. The molecule has 1 aliphatic heterocycles. The Morgan fingerprint density at radius 2 is 1.95 bits per heavy atom. The molecule has 1 aromatic heterocycles. The zero-order valence-corrected chi connectivity index (χ0v) is 11.4. The number of aromatic nitrogens is 2. The maximum absolute atomic E-state index is 12.9. The third kappa shape index (κ3) is 2.95. The number of piperidine rings is 1. The van der Waals surface area contributed by atoms with Crippen molar-refractivity contribution >= 4 is 5.91 Å². The number of amides is 1. The minimum atomic E-state index is -0.314. The third-order valence-electron chi connectivity index (χ3n) is 3.70. The van der Waals surface area contributed by atoms with Gasteiger partial charge in [0.05, 0.1) is 11.8 Å².